The lowest BCUT2D eigenvalue weighted by Crippen LogP contribution is -2.17. The number of Topliss-reactive ketones (excluding diaryl/α,β-unsaturated/α-hetero) is 1. The third-order valence-corrected chi connectivity index (χ3v) is 2.36. The van der Waals surface area contributed by atoms with Crippen LogP contribution in [0, 0.1) is 23.2 Å². The molecule has 11 heavy (non-hydrogen) atoms. The van der Waals surface area contributed by atoms with Crippen LogP contribution >= 0.6 is 0 Å². The maximum atomic E-state index is 11.4. The van der Waals surface area contributed by atoms with Crippen molar-refractivity contribution in [2.24, 2.45) is 11.8 Å². The molecule has 0 aliphatic heterocycles. The lowest BCUT2D eigenvalue weighted by molar-refractivity contribution is -0.124. The van der Waals surface area contributed by atoms with Gasteiger partial charge in [-0.3, -0.25) is 4.79 Å². The molecular weight excluding hydrogens is 138 g/mol. The second-order valence-corrected chi connectivity index (χ2v) is 3.27. The summed E-state index contributed by atoms with van der Waals surface area (Å²) in [5.74, 6) is -0.0420. The van der Waals surface area contributed by atoms with E-state index in [1.807, 2.05) is 6.92 Å². The summed E-state index contributed by atoms with van der Waals surface area (Å²) in [5, 5.41) is 8.63. The fourth-order valence-electron chi connectivity index (χ4n) is 1.56. The summed E-state index contributed by atoms with van der Waals surface area (Å²) < 4.78 is 0. The second-order valence-electron chi connectivity index (χ2n) is 3.27. The Morgan fingerprint density at radius 3 is 2.73 bits per heavy atom. The Morgan fingerprint density at radius 1 is 1.45 bits per heavy atom. The normalized spacial score (nSPS) is 32.5. The Morgan fingerprint density at radius 2 is 2.09 bits per heavy atom. The minimum atomic E-state index is -0.313. The monoisotopic (exact) mass is 151 g/mol. The van der Waals surface area contributed by atoms with Crippen LogP contribution < -0.4 is 0 Å². The Balaban J connectivity index is 2.66. The molecule has 0 N–H and O–H groups in total. The predicted octanol–water partition coefficient (Wildman–Crippen LogP) is 1.91. The number of carbonyl (C=O) groups excluding carboxylic acids is 1. The van der Waals surface area contributed by atoms with E-state index < -0.39 is 0 Å². The zero-order valence-corrected chi connectivity index (χ0v) is 6.84. The fraction of sp³-hybridized carbons (Fsp3) is 0.778. The van der Waals surface area contributed by atoms with Crippen LogP contribution in [-0.4, -0.2) is 5.78 Å². The number of hydrogen-bond donors (Lipinski definition) is 0. The topological polar surface area (TPSA) is 40.9 Å². The van der Waals surface area contributed by atoms with Gasteiger partial charge >= 0.3 is 0 Å². The quantitative estimate of drug-likeness (QED) is 0.496. The van der Waals surface area contributed by atoms with E-state index in [1.165, 1.54) is 0 Å². The smallest absolute Gasteiger partial charge is 0.152 e. The molecule has 0 aromatic heterocycles. The Bertz CT molecular complexity index is 192. The summed E-state index contributed by atoms with van der Waals surface area (Å²) >= 11 is 0. The minimum absolute atomic E-state index is 0.113. The van der Waals surface area contributed by atoms with Crippen LogP contribution in [0.15, 0.2) is 0 Å². The van der Waals surface area contributed by atoms with Gasteiger partial charge in [0, 0.05) is 5.92 Å². The maximum Gasteiger partial charge on any atom is 0.152 e. The maximum absolute atomic E-state index is 11.4. The van der Waals surface area contributed by atoms with Gasteiger partial charge in [-0.15, -0.1) is 0 Å². The molecule has 2 atom stereocenters. The van der Waals surface area contributed by atoms with Gasteiger partial charge in [-0.1, -0.05) is 19.8 Å². The highest BCUT2D eigenvalue weighted by Gasteiger charge is 2.25. The molecule has 0 amide bonds. The molecule has 1 saturated carbocycles. The van der Waals surface area contributed by atoms with Crippen LogP contribution in [-0.2, 0) is 4.79 Å². The van der Waals surface area contributed by atoms with Crippen LogP contribution in [0.2, 0.25) is 0 Å². The molecule has 0 bridgehead atoms. The number of hydrogen-bond acceptors (Lipinski definition) is 2. The first-order valence-corrected chi connectivity index (χ1v) is 4.19. The molecule has 2 heteroatoms. The van der Waals surface area contributed by atoms with E-state index in [4.69, 9.17) is 5.26 Å². The zero-order chi connectivity index (χ0) is 8.27. The Kier molecular flexibility index (Phi) is 2.64. The molecule has 0 heterocycles. The highest BCUT2D eigenvalue weighted by atomic mass is 16.1. The largest absolute Gasteiger partial charge is 0.298 e. The Labute approximate surface area is 67.2 Å². The van der Waals surface area contributed by atoms with Gasteiger partial charge in [0.15, 0.2) is 5.78 Å². The van der Waals surface area contributed by atoms with E-state index >= 15 is 0 Å². The lowest BCUT2D eigenvalue weighted by Gasteiger charge is -2.07. The van der Waals surface area contributed by atoms with E-state index in [1.54, 1.807) is 0 Å². The number of rotatable bonds is 0. The number of nitriles is 1. The number of nitrogens with zero attached hydrogens (tertiary/aromatic N) is 1. The van der Waals surface area contributed by atoms with Crippen LogP contribution in [0.25, 0.3) is 0 Å². The molecule has 0 saturated heterocycles. The predicted molar refractivity (Wildman–Crippen MR) is 41.7 cm³/mol. The summed E-state index contributed by atoms with van der Waals surface area (Å²) in [6.07, 6.45) is 3.88. The van der Waals surface area contributed by atoms with Gasteiger partial charge in [0.05, 0.1) is 6.07 Å². The molecule has 1 aliphatic rings. The van der Waals surface area contributed by atoms with Gasteiger partial charge in [0.25, 0.3) is 0 Å². The highest BCUT2D eigenvalue weighted by Crippen LogP contribution is 2.23. The molecule has 1 aliphatic carbocycles. The molecule has 0 aromatic carbocycles. The van der Waals surface area contributed by atoms with Crippen molar-refractivity contribution in [2.75, 3.05) is 0 Å². The molecular formula is C9H13NO. The van der Waals surface area contributed by atoms with E-state index in [2.05, 4.69) is 6.07 Å². The first-order chi connectivity index (χ1) is 5.25. The first-order valence-electron chi connectivity index (χ1n) is 4.19. The molecule has 0 radical (unpaired) electrons. The van der Waals surface area contributed by atoms with Crippen LogP contribution in [0.5, 0.6) is 0 Å². The summed E-state index contributed by atoms with van der Waals surface area (Å²) in [7, 11) is 0. The summed E-state index contributed by atoms with van der Waals surface area (Å²) in [6, 6.07) is 2.07. The Hall–Kier alpha value is -0.840. The van der Waals surface area contributed by atoms with Gasteiger partial charge in [0.2, 0.25) is 0 Å². The van der Waals surface area contributed by atoms with E-state index in [0.717, 1.165) is 25.7 Å². The molecule has 2 nitrogen and oxygen atoms in total. The third-order valence-electron chi connectivity index (χ3n) is 2.36. The minimum Gasteiger partial charge on any atom is -0.298 e. The average Bonchev–Trinajstić information content (AvgIpc) is 2.16. The molecule has 2 unspecified atom stereocenters. The van der Waals surface area contributed by atoms with Gasteiger partial charge in [0.1, 0.15) is 5.92 Å². The average molecular weight is 151 g/mol. The number of ketones is 1. The van der Waals surface area contributed by atoms with Gasteiger partial charge in [-0.2, -0.15) is 5.26 Å². The molecule has 0 aromatic rings. The zero-order valence-electron chi connectivity index (χ0n) is 6.84. The summed E-state index contributed by atoms with van der Waals surface area (Å²) in [5.41, 5.74) is 0. The SMILES string of the molecule is CC1CCCCC(C#N)C1=O. The van der Waals surface area contributed by atoms with Gasteiger partial charge in [-0.25, -0.2) is 0 Å². The molecule has 0 spiro atoms. The van der Waals surface area contributed by atoms with Crippen molar-refractivity contribution in [1.29, 1.82) is 5.26 Å². The van der Waals surface area contributed by atoms with Crippen molar-refractivity contribution < 1.29 is 4.79 Å². The van der Waals surface area contributed by atoms with Crippen molar-refractivity contribution >= 4 is 5.78 Å². The van der Waals surface area contributed by atoms with Crippen molar-refractivity contribution in [1.82, 2.24) is 0 Å². The van der Waals surface area contributed by atoms with Crippen LogP contribution in [0.4, 0.5) is 0 Å². The molecule has 1 fully saturated rings. The summed E-state index contributed by atoms with van der Waals surface area (Å²) in [4.78, 5) is 11.4. The lowest BCUT2D eigenvalue weighted by atomic mass is 9.94. The van der Waals surface area contributed by atoms with Crippen LogP contribution in [0.3, 0.4) is 0 Å². The van der Waals surface area contributed by atoms with Crippen molar-refractivity contribution in [2.45, 2.75) is 32.6 Å². The van der Waals surface area contributed by atoms with E-state index in [-0.39, 0.29) is 17.6 Å². The molecule has 1 rings (SSSR count). The second kappa shape index (κ2) is 3.52. The third kappa shape index (κ3) is 1.80. The summed E-state index contributed by atoms with van der Waals surface area (Å²) in [6.45, 7) is 1.93. The molecule has 60 valence electrons. The van der Waals surface area contributed by atoms with E-state index in [9.17, 15) is 4.79 Å². The highest BCUT2D eigenvalue weighted by molar-refractivity contribution is 5.85. The van der Waals surface area contributed by atoms with Crippen molar-refractivity contribution in [3.63, 3.8) is 0 Å². The van der Waals surface area contributed by atoms with Crippen LogP contribution in [0.1, 0.15) is 32.6 Å². The fourth-order valence-corrected chi connectivity index (χ4v) is 1.56. The van der Waals surface area contributed by atoms with Gasteiger partial charge < -0.3 is 0 Å². The number of carbonyl (C=O) groups is 1. The first kappa shape index (κ1) is 8.26. The standard InChI is InChI=1S/C9H13NO/c1-7-4-2-3-5-8(6-10)9(7)11/h7-8H,2-5H2,1H3. The van der Waals surface area contributed by atoms with Gasteiger partial charge in [-0.05, 0) is 12.8 Å². The van der Waals surface area contributed by atoms with Crippen molar-refractivity contribution in [3.8, 4) is 6.07 Å². The van der Waals surface area contributed by atoms with Crippen molar-refractivity contribution in [3.05, 3.63) is 0 Å². The van der Waals surface area contributed by atoms with E-state index in [0.29, 0.717) is 0 Å².